The molecule has 0 aromatic carbocycles. The number of ether oxygens (including phenoxy) is 1. The van der Waals surface area contributed by atoms with Crippen LogP contribution in [0.5, 0.6) is 0 Å². The highest BCUT2D eigenvalue weighted by molar-refractivity contribution is 6.00. The minimum absolute atomic E-state index is 0.0332. The Morgan fingerprint density at radius 1 is 1.05 bits per heavy atom. The van der Waals surface area contributed by atoms with E-state index in [1.54, 1.807) is 20.8 Å². The summed E-state index contributed by atoms with van der Waals surface area (Å²) in [5.74, 6) is -2.31. The van der Waals surface area contributed by atoms with E-state index in [2.05, 4.69) is 0 Å². The molecule has 0 aromatic rings. The molecule has 5 aliphatic rings. The van der Waals surface area contributed by atoms with Gasteiger partial charge in [0.2, 0.25) is 0 Å². The van der Waals surface area contributed by atoms with E-state index in [1.807, 2.05) is 6.92 Å². The number of ketones is 1. The van der Waals surface area contributed by atoms with Gasteiger partial charge in [-0.25, -0.2) is 0 Å². The van der Waals surface area contributed by atoms with Gasteiger partial charge in [0.1, 0.15) is 5.60 Å². The molecule has 1 saturated heterocycles. The van der Waals surface area contributed by atoms with Gasteiger partial charge in [-0.1, -0.05) is 20.8 Å². The monoisotopic (exact) mass is 522 g/mol. The van der Waals surface area contributed by atoms with Gasteiger partial charge in [0.05, 0.1) is 42.0 Å². The van der Waals surface area contributed by atoms with Gasteiger partial charge in [-0.2, -0.15) is 0 Å². The number of aliphatic hydroxyl groups is 6. The first-order valence-electron chi connectivity index (χ1n) is 13.7. The molecule has 5 rings (SSSR count). The predicted molar refractivity (Wildman–Crippen MR) is 131 cm³/mol. The second-order valence-electron chi connectivity index (χ2n) is 13.4. The molecular formula is C28H42O9. The van der Waals surface area contributed by atoms with E-state index >= 15 is 0 Å². The Labute approximate surface area is 217 Å². The molecule has 6 N–H and O–H groups in total. The van der Waals surface area contributed by atoms with Crippen LogP contribution < -0.4 is 0 Å². The average molecular weight is 523 g/mol. The summed E-state index contributed by atoms with van der Waals surface area (Å²) < 4.78 is 5.12. The Morgan fingerprint density at radius 2 is 1.70 bits per heavy atom. The zero-order chi connectivity index (χ0) is 27.3. The van der Waals surface area contributed by atoms with Crippen molar-refractivity contribution < 1.29 is 45.0 Å². The summed E-state index contributed by atoms with van der Waals surface area (Å²) in [6.45, 7) is 7.22. The zero-order valence-corrected chi connectivity index (χ0v) is 22.2. The number of esters is 1. The summed E-state index contributed by atoms with van der Waals surface area (Å²) in [5.41, 5.74) is -6.22. The van der Waals surface area contributed by atoms with Crippen molar-refractivity contribution in [3.63, 3.8) is 0 Å². The SMILES string of the molecule is C[C@@H]1C(=O)OC[C@H]1C[C@@H](O)[C@](C)(O)[C@H]1CC[C@@]2(O)C3=CC(=O)[C@]4(O)C[C@@H](O)[C@@H](O)C[C@]4(C)[C@H]3CC[C@]12C. The Kier molecular flexibility index (Phi) is 6.12. The molecule has 208 valence electrons. The highest BCUT2D eigenvalue weighted by atomic mass is 16.5. The van der Waals surface area contributed by atoms with Crippen LogP contribution in [0, 0.1) is 34.5 Å². The summed E-state index contributed by atoms with van der Waals surface area (Å²) in [7, 11) is 0. The highest BCUT2D eigenvalue weighted by Crippen LogP contribution is 2.69. The molecule has 0 radical (unpaired) electrons. The van der Waals surface area contributed by atoms with E-state index in [-0.39, 0.29) is 56.0 Å². The first-order chi connectivity index (χ1) is 17.0. The standard InChI is InChI=1S/C28H42O9/c1-14-15(13-37-23(14)33)9-21(31)26(4,34)20-6-8-27(35)17-10-22(32)28(36)12-19(30)18(29)11-25(28,3)16(17)5-7-24(20,27)2/h10,14-16,18-21,29-31,34-36H,5-9,11-13H2,1-4H3/t14-,15+,16-,18-,19+,20-,21+,24+,25+,26+,27+,28+/m0/s1. The van der Waals surface area contributed by atoms with Crippen LogP contribution in [-0.4, -0.2) is 84.1 Å². The lowest BCUT2D eigenvalue weighted by atomic mass is 9.44. The summed E-state index contributed by atoms with van der Waals surface area (Å²) in [4.78, 5) is 25.2. The Hall–Kier alpha value is -1.36. The third-order valence-electron chi connectivity index (χ3n) is 11.7. The third kappa shape index (κ3) is 3.44. The summed E-state index contributed by atoms with van der Waals surface area (Å²) >= 11 is 0. The molecule has 9 nitrogen and oxygen atoms in total. The minimum atomic E-state index is -1.83. The normalized spacial score (nSPS) is 51.9. The number of carbonyl (C=O) groups excluding carboxylic acids is 2. The second kappa shape index (κ2) is 8.32. The number of aliphatic hydroxyl groups excluding tert-OH is 3. The topological polar surface area (TPSA) is 165 Å². The number of fused-ring (bicyclic) bond motifs is 5. The molecule has 1 heterocycles. The molecule has 9 heteroatoms. The molecule has 0 aromatic heterocycles. The predicted octanol–water partition coefficient (Wildman–Crippen LogP) is 0.617. The second-order valence-corrected chi connectivity index (χ2v) is 13.4. The molecule has 3 saturated carbocycles. The van der Waals surface area contributed by atoms with E-state index in [1.165, 1.54) is 6.08 Å². The number of cyclic esters (lactones) is 1. The van der Waals surface area contributed by atoms with Crippen LogP contribution in [0.2, 0.25) is 0 Å². The van der Waals surface area contributed by atoms with Crippen molar-refractivity contribution in [3.05, 3.63) is 11.6 Å². The van der Waals surface area contributed by atoms with Crippen LogP contribution in [0.15, 0.2) is 11.6 Å². The largest absolute Gasteiger partial charge is 0.465 e. The fourth-order valence-electron chi connectivity index (χ4n) is 8.98. The van der Waals surface area contributed by atoms with Crippen LogP contribution in [0.1, 0.15) is 72.6 Å². The Morgan fingerprint density at radius 3 is 2.32 bits per heavy atom. The Bertz CT molecular complexity index is 1020. The van der Waals surface area contributed by atoms with Crippen molar-refractivity contribution in [3.8, 4) is 0 Å². The van der Waals surface area contributed by atoms with Crippen molar-refractivity contribution >= 4 is 11.8 Å². The highest BCUT2D eigenvalue weighted by Gasteiger charge is 2.71. The molecule has 0 unspecified atom stereocenters. The van der Waals surface area contributed by atoms with E-state index in [0.717, 1.165) is 0 Å². The quantitative estimate of drug-likeness (QED) is 0.290. The van der Waals surface area contributed by atoms with Crippen LogP contribution in [0.25, 0.3) is 0 Å². The first kappa shape index (κ1) is 27.2. The van der Waals surface area contributed by atoms with Gasteiger partial charge >= 0.3 is 5.97 Å². The Balaban J connectivity index is 1.47. The van der Waals surface area contributed by atoms with E-state index < -0.39 is 57.6 Å². The van der Waals surface area contributed by atoms with Gasteiger partial charge in [-0.15, -0.1) is 0 Å². The van der Waals surface area contributed by atoms with E-state index in [9.17, 15) is 40.2 Å². The fraction of sp³-hybridized carbons (Fsp3) is 0.857. The van der Waals surface area contributed by atoms with Crippen molar-refractivity contribution in [1.82, 2.24) is 0 Å². The molecular weight excluding hydrogens is 480 g/mol. The zero-order valence-electron chi connectivity index (χ0n) is 22.2. The van der Waals surface area contributed by atoms with Crippen molar-refractivity contribution in [2.45, 2.75) is 108 Å². The minimum Gasteiger partial charge on any atom is -0.465 e. The molecule has 0 spiro atoms. The molecule has 37 heavy (non-hydrogen) atoms. The van der Waals surface area contributed by atoms with Gasteiger partial charge in [0, 0.05) is 23.2 Å². The first-order valence-corrected chi connectivity index (χ1v) is 13.7. The van der Waals surface area contributed by atoms with E-state index in [0.29, 0.717) is 24.8 Å². The maximum atomic E-state index is 13.4. The lowest BCUT2D eigenvalue weighted by Crippen LogP contribution is -2.69. The average Bonchev–Trinajstić information content (AvgIpc) is 3.28. The lowest BCUT2D eigenvalue weighted by molar-refractivity contribution is -0.211. The number of carbonyl (C=O) groups is 2. The molecule has 4 fully saturated rings. The van der Waals surface area contributed by atoms with Crippen molar-refractivity contribution in [1.29, 1.82) is 0 Å². The van der Waals surface area contributed by atoms with E-state index in [4.69, 9.17) is 4.74 Å². The fourth-order valence-corrected chi connectivity index (χ4v) is 8.98. The van der Waals surface area contributed by atoms with Crippen LogP contribution in [-0.2, 0) is 14.3 Å². The number of hydrogen-bond donors (Lipinski definition) is 6. The van der Waals surface area contributed by atoms with Crippen LogP contribution in [0.4, 0.5) is 0 Å². The number of hydrogen-bond acceptors (Lipinski definition) is 9. The molecule has 0 amide bonds. The third-order valence-corrected chi connectivity index (χ3v) is 11.7. The van der Waals surface area contributed by atoms with Gasteiger partial charge < -0.3 is 35.4 Å². The molecule has 4 aliphatic carbocycles. The molecule has 0 bridgehead atoms. The smallest absolute Gasteiger partial charge is 0.309 e. The lowest BCUT2D eigenvalue weighted by Gasteiger charge is -2.62. The molecule has 12 atom stereocenters. The van der Waals surface area contributed by atoms with Gasteiger partial charge in [-0.3, -0.25) is 9.59 Å². The molecule has 1 aliphatic heterocycles. The van der Waals surface area contributed by atoms with Gasteiger partial charge in [0.15, 0.2) is 5.78 Å². The van der Waals surface area contributed by atoms with Crippen LogP contribution in [0.3, 0.4) is 0 Å². The van der Waals surface area contributed by atoms with Crippen LogP contribution >= 0.6 is 0 Å². The maximum Gasteiger partial charge on any atom is 0.309 e. The van der Waals surface area contributed by atoms with Crippen molar-refractivity contribution in [2.75, 3.05) is 6.61 Å². The van der Waals surface area contributed by atoms with Gasteiger partial charge in [0.25, 0.3) is 0 Å². The summed E-state index contributed by atoms with van der Waals surface area (Å²) in [6.07, 6.45) is -0.392. The maximum absolute atomic E-state index is 13.4. The number of rotatable bonds is 4. The summed E-state index contributed by atoms with van der Waals surface area (Å²) in [5, 5.41) is 67.5. The van der Waals surface area contributed by atoms with Crippen molar-refractivity contribution in [2.24, 2.45) is 34.5 Å². The van der Waals surface area contributed by atoms with Gasteiger partial charge in [-0.05, 0) is 68.9 Å². The summed E-state index contributed by atoms with van der Waals surface area (Å²) in [6, 6.07) is 0.